The van der Waals surface area contributed by atoms with Crippen LogP contribution in [0.4, 0.5) is 0 Å². The number of esters is 1. The van der Waals surface area contributed by atoms with Crippen molar-refractivity contribution in [3.63, 3.8) is 0 Å². The molecule has 0 aromatic rings. The molecule has 2 N–H and O–H groups in total. The van der Waals surface area contributed by atoms with E-state index in [1.54, 1.807) is 0 Å². The van der Waals surface area contributed by atoms with Gasteiger partial charge in [0.15, 0.2) is 0 Å². The van der Waals surface area contributed by atoms with Crippen molar-refractivity contribution in [3.8, 4) is 0 Å². The van der Waals surface area contributed by atoms with Crippen LogP contribution in [0.5, 0.6) is 0 Å². The fourth-order valence-corrected chi connectivity index (χ4v) is 6.22. The molecular formula is C23H36O6. The molecule has 0 aromatic heterocycles. The first kappa shape index (κ1) is 23.4. The largest absolute Gasteiger partial charge is 0.481 e. The third-order valence-corrected chi connectivity index (χ3v) is 7.66. The molecule has 29 heavy (non-hydrogen) atoms. The predicted octanol–water partition coefficient (Wildman–Crippen LogP) is 4.67. The van der Waals surface area contributed by atoms with Crippen LogP contribution in [0.25, 0.3) is 0 Å². The van der Waals surface area contributed by atoms with Gasteiger partial charge in [0.1, 0.15) is 0 Å². The number of hydrogen-bond acceptors (Lipinski definition) is 4. The van der Waals surface area contributed by atoms with Crippen LogP contribution in [0.1, 0.15) is 78.6 Å². The molecule has 0 aliphatic heterocycles. The Balaban J connectivity index is 2.12. The van der Waals surface area contributed by atoms with Gasteiger partial charge in [-0.05, 0) is 62.2 Å². The normalized spacial score (nSPS) is 32.9. The van der Waals surface area contributed by atoms with Crippen molar-refractivity contribution in [2.24, 2.45) is 28.6 Å². The predicted molar refractivity (Wildman–Crippen MR) is 109 cm³/mol. The Morgan fingerprint density at radius 2 is 1.90 bits per heavy atom. The van der Waals surface area contributed by atoms with Crippen LogP contribution >= 0.6 is 0 Å². The standard InChI is InChI=1S/C23H36O6/c1-5-16(11-14-29-19(26)10-9-18(24)25)20-15(2)7-8-17-22(20,3)12-6-13-23(17,4)21(27)28/h16-17,20H,2,5-14H2,1,3-4H3,(H,24,25)(H,27,28)/t16-,17+,20+,22-,23+/m1/s1. The van der Waals surface area contributed by atoms with Crippen molar-refractivity contribution in [3.05, 3.63) is 12.2 Å². The molecule has 2 aliphatic carbocycles. The SMILES string of the molecule is C=C1CC[C@H]2[C@@](C)(CCC[C@]2(C)C(=O)O)[C@@H]1[C@H](CC)CCOC(=O)CCC(=O)O. The van der Waals surface area contributed by atoms with Gasteiger partial charge in [-0.25, -0.2) is 0 Å². The summed E-state index contributed by atoms with van der Waals surface area (Å²) in [5.41, 5.74) is 0.379. The number of aliphatic carboxylic acids is 2. The van der Waals surface area contributed by atoms with E-state index in [0.29, 0.717) is 6.42 Å². The van der Waals surface area contributed by atoms with Crippen LogP contribution in [0, 0.1) is 28.6 Å². The van der Waals surface area contributed by atoms with Crippen LogP contribution in [0.3, 0.4) is 0 Å². The minimum Gasteiger partial charge on any atom is -0.481 e. The van der Waals surface area contributed by atoms with Crippen LogP contribution in [0.15, 0.2) is 12.2 Å². The highest BCUT2D eigenvalue weighted by atomic mass is 16.5. The fraction of sp³-hybridized carbons (Fsp3) is 0.783. The van der Waals surface area contributed by atoms with Crippen LogP contribution in [-0.2, 0) is 19.1 Å². The van der Waals surface area contributed by atoms with Crippen molar-refractivity contribution in [1.29, 1.82) is 0 Å². The van der Waals surface area contributed by atoms with E-state index in [0.717, 1.165) is 38.5 Å². The van der Waals surface area contributed by atoms with Crippen molar-refractivity contribution in [2.45, 2.75) is 78.6 Å². The third kappa shape index (κ3) is 4.84. The number of fused-ring (bicyclic) bond motifs is 1. The lowest BCUT2D eigenvalue weighted by molar-refractivity contribution is -0.166. The van der Waals surface area contributed by atoms with Gasteiger partial charge in [-0.2, -0.15) is 0 Å². The molecule has 2 fully saturated rings. The number of carbonyl (C=O) groups is 3. The molecule has 2 aliphatic rings. The molecule has 0 aromatic carbocycles. The molecule has 0 heterocycles. The lowest BCUT2D eigenvalue weighted by atomic mass is 9.45. The Morgan fingerprint density at radius 3 is 2.48 bits per heavy atom. The molecule has 0 spiro atoms. The van der Waals surface area contributed by atoms with E-state index in [1.165, 1.54) is 5.57 Å². The van der Waals surface area contributed by atoms with Crippen LogP contribution in [0.2, 0.25) is 0 Å². The zero-order valence-electron chi connectivity index (χ0n) is 18.0. The van der Waals surface area contributed by atoms with Crippen LogP contribution in [-0.4, -0.2) is 34.7 Å². The van der Waals surface area contributed by atoms with Crippen LogP contribution < -0.4 is 0 Å². The highest BCUT2D eigenvalue weighted by molar-refractivity contribution is 5.76. The maximum Gasteiger partial charge on any atom is 0.309 e. The van der Waals surface area contributed by atoms with E-state index in [2.05, 4.69) is 20.4 Å². The summed E-state index contributed by atoms with van der Waals surface area (Å²) >= 11 is 0. The monoisotopic (exact) mass is 408 g/mol. The molecule has 0 unspecified atom stereocenters. The summed E-state index contributed by atoms with van der Waals surface area (Å²) in [5, 5.41) is 18.6. The maximum atomic E-state index is 12.1. The molecule has 5 atom stereocenters. The first-order valence-electron chi connectivity index (χ1n) is 10.8. The quantitative estimate of drug-likeness (QED) is 0.424. The molecule has 6 nitrogen and oxygen atoms in total. The van der Waals surface area contributed by atoms with Gasteiger partial charge in [-0.1, -0.05) is 38.8 Å². The van der Waals surface area contributed by atoms with Gasteiger partial charge in [0.25, 0.3) is 0 Å². The van der Waals surface area contributed by atoms with Gasteiger partial charge in [0.05, 0.1) is 24.9 Å². The summed E-state index contributed by atoms with van der Waals surface area (Å²) in [4.78, 5) is 34.5. The van der Waals surface area contributed by atoms with E-state index in [4.69, 9.17) is 9.84 Å². The maximum absolute atomic E-state index is 12.1. The Morgan fingerprint density at radius 1 is 1.21 bits per heavy atom. The van der Waals surface area contributed by atoms with Gasteiger partial charge >= 0.3 is 17.9 Å². The second kappa shape index (κ2) is 9.31. The summed E-state index contributed by atoms with van der Waals surface area (Å²) in [6.07, 6.45) is 5.60. The number of carboxylic acid groups (broad SMARTS) is 2. The van der Waals surface area contributed by atoms with Gasteiger partial charge in [-0.15, -0.1) is 0 Å². The lowest BCUT2D eigenvalue weighted by Crippen LogP contribution is -2.54. The zero-order chi connectivity index (χ0) is 21.8. The number of rotatable bonds is 9. The minimum absolute atomic E-state index is 0.112. The number of hydrogen-bond donors (Lipinski definition) is 2. The average molecular weight is 409 g/mol. The van der Waals surface area contributed by atoms with Crippen molar-refractivity contribution in [1.82, 2.24) is 0 Å². The Kier molecular flexibility index (Phi) is 7.52. The van der Waals surface area contributed by atoms with Crippen molar-refractivity contribution in [2.75, 3.05) is 6.61 Å². The Labute approximate surface area is 173 Å². The number of carbonyl (C=O) groups excluding carboxylic acids is 1. The molecule has 0 radical (unpaired) electrons. The van der Waals surface area contributed by atoms with E-state index in [1.807, 2.05) is 6.92 Å². The second-order valence-corrected chi connectivity index (χ2v) is 9.38. The molecule has 2 saturated carbocycles. The lowest BCUT2D eigenvalue weighted by Gasteiger charge is -2.59. The topological polar surface area (TPSA) is 101 Å². The summed E-state index contributed by atoms with van der Waals surface area (Å²) < 4.78 is 5.27. The van der Waals surface area contributed by atoms with E-state index in [9.17, 15) is 19.5 Å². The Bertz CT molecular complexity index is 656. The van der Waals surface area contributed by atoms with Gasteiger partial charge in [-0.3, -0.25) is 14.4 Å². The fourth-order valence-electron chi connectivity index (χ4n) is 6.22. The molecule has 0 bridgehead atoms. The third-order valence-electron chi connectivity index (χ3n) is 7.66. The molecular weight excluding hydrogens is 372 g/mol. The zero-order valence-corrected chi connectivity index (χ0v) is 18.0. The molecule has 0 saturated heterocycles. The highest BCUT2D eigenvalue weighted by Crippen LogP contribution is 2.63. The first-order chi connectivity index (χ1) is 13.6. The summed E-state index contributed by atoms with van der Waals surface area (Å²) in [5.74, 6) is -1.60. The minimum atomic E-state index is -1.01. The van der Waals surface area contributed by atoms with E-state index >= 15 is 0 Å². The van der Waals surface area contributed by atoms with Gasteiger partial charge in [0, 0.05) is 0 Å². The number of allylic oxidation sites excluding steroid dienone is 1. The number of carboxylic acids is 2. The molecule has 164 valence electrons. The van der Waals surface area contributed by atoms with Gasteiger partial charge in [0.2, 0.25) is 0 Å². The Hall–Kier alpha value is -1.85. The van der Waals surface area contributed by atoms with E-state index in [-0.39, 0.29) is 42.6 Å². The number of ether oxygens (including phenoxy) is 1. The second-order valence-electron chi connectivity index (χ2n) is 9.38. The summed E-state index contributed by atoms with van der Waals surface area (Å²) in [7, 11) is 0. The molecule has 6 heteroatoms. The smallest absolute Gasteiger partial charge is 0.309 e. The highest BCUT2D eigenvalue weighted by Gasteiger charge is 2.58. The van der Waals surface area contributed by atoms with Crippen molar-refractivity contribution < 1.29 is 29.3 Å². The van der Waals surface area contributed by atoms with Crippen molar-refractivity contribution >= 4 is 17.9 Å². The van der Waals surface area contributed by atoms with E-state index < -0.39 is 23.3 Å². The van der Waals surface area contributed by atoms with Gasteiger partial charge < -0.3 is 14.9 Å². The molecule has 0 amide bonds. The first-order valence-corrected chi connectivity index (χ1v) is 10.8. The summed E-state index contributed by atoms with van der Waals surface area (Å²) in [6.45, 7) is 10.9. The summed E-state index contributed by atoms with van der Waals surface area (Å²) in [6, 6.07) is 0. The molecule has 2 rings (SSSR count). The average Bonchev–Trinajstić information content (AvgIpc) is 2.64.